The number of benzene rings is 1. The van der Waals surface area contributed by atoms with Gasteiger partial charge >= 0.3 is 0 Å². The van der Waals surface area contributed by atoms with Crippen LogP contribution in [0.15, 0.2) is 24.3 Å². The highest BCUT2D eigenvalue weighted by molar-refractivity contribution is 7.12. The summed E-state index contributed by atoms with van der Waals surface area (Å²) in [6.45, 7) is 3.09. The number of nitrogens with zero attached hydrogens (tertiary/aromatic N) is 1. The van der Waals surface area contributed by atoms with Gasteiger partial charge in [0.1, 0.15) is 5.78 Å². The lowest BCUT2D eigenvalue weighted by Crippen LogP contribution is -2.51. The van der Waals surface area contributed by atoms with Gasteiger partial charge in [0, 0.05) is 47.3 Å². The first-order valence-corrected chi connectivity index (χ1v) is 14.0. The minimum absolute atomic E-state index is 0. The van der Waals surface area contributed by atoms with Crippen molar-refractivity contribution >= 4 is 47.0 Å². The molecule has 1 aromatic heterocycles. The number of hydrogen-bond acceptors (Lipinski definition) is 4. The lowest BCUT2D eigenvalue weighted by molar-refractivity contribution is -0.117. The van der Waals surface area contributed by atoms with Crippen LogP contribution in [0.5, 0.6) is 0 Å². The first kappa shape index (κ1) is 25.3. The number of rotatable bonds is 7. The fourth-order valence-corrected chi connectivity index (χ4v) is 9.65. The molecule has 2 aromatic rings. The van der Waals surface area contributed by atoms with Crippen LogP contribution in [0.1, 0.15) is 69.8 Å². The number of fused-ring (bicyclic) bond motifs is 1. The molecule has 0 saturated heterocycles. The SMILES string of the molecule is Cl.NC(=O)c1c(CC(=O)Cc2ccc(Cl)cc2)sc2c1CCN(CC13CC4CC(CC(C4)C1)C3)C2. The van der Waals surface area contributed by atoms with Crippen LogP contribution in [0.2, 0.25) is 5.02 Å². The Bertz CT molecular complexity index is 1090. The van der Waals surface area contributed by atoms with E-state index < -0.39 is 0 Å². The van der Waals surface area contributed by atoms with Crippen molar-refractivity contribution in [2.45, 2.75) is 64.3 Å². The third kappa shape index (κ3) is 5.07. The van der Waals surface area contributed by atoms with Gasteiger partial charge in [0.2, 0.25) is 5.91 Å². The number of carbonyl (C=O) groups excluding carboxylic acids is 2. The zero-order valence-electron chi connectivity index (χ0n) is 20.1. The Labute approximate surface area is 223 Å². The van der Waals surface area contributed by atoms with Crippen LogP contribution in [0, 0.1) is 23.2 Å². The van der Waals surface area contributed by atoms with Gasteiger partial charge in [-0.1, -0.05) is 23.7 Å². The Hall–Kier alpha value is -1.40. The molecule has 4 saturated carbocycles. The van der Waals surface area contributed by atoms with E-state index in [1.54, 1.807) is 23.5 Å². The van der Waals surface area contributed by atoms with E-state index in [0.29, 0.717) is 22.4 Å². The van der Waals surface area contributed by atoms with E-state index in [1.807, 2.05) is 12.1 Å². The van der Waals surface area contributed by atoms with Crippen LogP contribution in [-0.4, -0.2) is 29.7 Å². The Kier molecular flexibility index (Phi) is 7.08. The Morgan fingerprint density at radius 3 is 2.26 bits per heavy atom. The number of amides is 1. The van der Waals surface area contributed by atoms with Gasteiger partial charge in [0.25, 0.3) is 0 Å². The van der Waals surface area contributed by atoms with E-state index in [2.05, 4.69) is 4.90 Å². The van der Waals surface area contributed by atoms with Gasteiger partial charge in [-0.05, 0) is 91.4 Å². The van der Waals surface area contributed by atoms with Gasteiger partial charge in [0.15, 0.2) is 0 Å². The topological polar surface area (TPSA) is 63.4 Å². The predicted octanol–water partition coefficient (Wildman–Crippen LogP) is 5.85. The van der Waals surface area contributed by atoms with Crippen molar-refractivity contribution in [2.24, 2.45) is 28.9 Å². The summed E-state index contributed by atoms with van der Waals surface area (Å²) >= 11 is 7.61. The van der Waals surface area contributed by atoms with Gasteiger partial charge in [-0.25, -0.2) is 0 Å². The average Bonchev–Trinajstić information content (AvgIpc) is 3.11. The third-order valence-electron chi connectivity index (χ3n) is 8.85. The van der Waals surface area contributed by atoms with Crippen LogP contribution in [-0.2, 0) is 30.6 Å². The third-order valence-corrected chi connectivity index (χ3v) is 10.3. The lowest BCUT2D eigenvalue weighted by atomic mass is 9.49. The number of thiophene rings is 1. The molecule has 4 nitrogen and oxygen atoms in total. The maximum Gasteiger partial charge on any atom is 0.250 e. The minimum atomic E-state index is -0.388. The number of ketones is 1. The maximum atomic E-state index is 12.8. The second-order valence-corrected chi connectivity index (χ2v) is 13.2. The Balaban J connectivity index is 0.00000253. The molecule has 35 heavy (non-hydrogen) atoms. The fourth-order valence-electron chi connectivity index (χ4n) is 8.09. The van der Waals surface area contributed by atoms with Crippen LogP contribution < -0.4 is 5.73 Å². The number of primary amides is 1. The lowest BCUT2D eigenvalue weighted by Gasteiger charge is -2.58. The van der Waals surface area contributed by atoms with Crippen LogP contribution in [0.25, 0.3) is 0 Å². The zero-order chi connectivity index (χ0) is 23.4. The molecule has 4 bridgehead atoms. The van der Waals surface area contributed by atoms with Crippen molar-refractivity contribution in [3.05, 3.63) is 55.7 Å². The molecule has 1 amide bonds. The van der Waals surface area contributed by atoms with Gasteiger partial charge < -0.3 is 5.73 Å². The monoisotopic (exact) mass is 532 g/mol. The highest BCUT2D eigenvalue weighted by Crippen LogP contribution is 2.60. The van der Waals surface area contributed by atoms with E-state index >= 15 is 0 Å². The molecule has 0 unspecified atom stereocenters. The molecule has 0 radical (unpaired) electrons. The first-order valence-electron chi connectivity index (χ1n) is 12.8. The largest absolute Gasteiger partial charge is 0.366 e. The minimum Gasteiger partial charge on any atom is -0.366 e. The standard InChI is InChI=1S/C28H33ClN2O2S.ClH/c29-21-3-1-17(2-4-21)10-22(32)11-24-26(27(30)33)23-5-6-31(15-25(23)34-24)16-28-12-18-7-19(13-28)9-20(8-18)14-28;/h1-4,18-20H,5-16H2,(H2,30,33);1H. The van der Waals surface area contributed by atoms with Gasteiger partial charge in [-0.3, -0.25) is 14.5 Å². The van der Waals surface area contributed by atoms with Crippen molar-refractivity contribution in [3.63, 3.8) is 0 Å². The molecule has 1 aromatic carbocycles. The van der Waals surface area contributed by atoms with Crippen LogP contribution in [0.4, 0.5) is 0 Å². The smallest absolute Gasteiger partial charge is 0.250 e. The zero-order valence-corrected chi connectivity index (χ0v) is 22.5. The number of Topliss-reactive ketones (excluding diaryl/α,β-unsaturated/α-hetero) is 1. The van der Waals surface area contributed by atoms with Crippen molar-refractivity contribution in [3.8, 4) is 0 Å². The van der Waals surface area contributed by atoms with E-state index in [1.165, 1.54) is 49.9 Å². The Morgan fingerprint density at radius 1 is 1.03 bits per heavy atom. The normalized spacial score (nSPS) is 29.0. The molecule has 4 fully saturated rings. The summed E-state index contributed by atoms with van der Waals surface area (Å²) < 4.78 is 0. The number of nitrogens with two attached hydrogens (primary N) is 1. The Morgan fingerprint density at radius 2 is 1.66 bits per heavy atom. The number of halogens is 2. The van der Waals surface area contributed by atoms with E-state index in [0.717, 1.165) is 53.3 Å². The summed E-state index contributed by atoms with van der Waals surface area (Å²) in [7, 11) is 0. The first-order chi connectivity index (χ1) is 16.4. The van der Waals surface area contributed by atoms with Crippen LogP contribution >= 0.6 is 35.3 Å². The molecule has 7 heteroatoms. The summed E-state index contributed by atoms with van der Waals surface area (Å²) in [5.41, 5.74) is 9.02. The van der Waals surface area contributed by atoms with Crippen LogP contribution in [0.3, 0.4) is 0 Å². The fraction of sp³-hybridized carbons (Fsp3) is 0.571. The number of hydrogen-bond donors (Lipinski definition) is 1. The maximum absolute atomic E-state index is 12.8. The molecule has 0 atom stereocenters. The average molecular weight is 534 g/mol. The number of carbonyl (C=O) groups is 2. The van der Waals surface area contributed by atoms with Crippen molar-refractivity contribution in [1.82, 2.24) is 4.90 Å². The molecular formula is C28H34Cl2N2O2S. The highest BCUT2D eigenvalue weighted by atomic mass is 35.5. The summed E-state index contributed by atoms with van der Waals surface area (Å²) in [5.74, 6) is 2.62. The highest BCUT2D eigenvalue weighted by Gasteiger charge is 2.51. The van der Waals surface area contributed by atoms with Crippen molar-refractivity contribution in [2.75, 3.05) is 13.1 Å². The molecule has 4 aliphatic carbocycles. The molecule has 7 rings (SSSR count). The molecule has 1 aliphatic heterocycles. The molecule has 2 N–H and O–H groups in total. The van der Waals surface area contributed by atoms with E-state index in [4.69, 9.17) is 17.3 Å². The molecular weight excluding hydrogens is 499 g/mol. The molecule has 188 valence electrons. The molecule has 2 heterocycles. The second-order valence-electron chi connectivity index (χ2n) is 11.6. The second kappa shape index (κ2) is 9.81. The summed E-state index contributed by atoms with van der Waals surface area (Å²) in [4.78, 5) is 30.0. The quantitative estimate of drug-likeness (QED) is 0.486. The van der Waals surface area contributed by atoms with Crippen molar-refractivity contribution in [1.29, 1.82) is 0 Å². The van der Waals surface area contributed by atoms with Gasteiger partial charge in [0.05, 0.1) is 5.56 Å². The van der Waals surface area contributed by atoms with E-state index in [9.17, 15) is 9.59 Å². The summed E-state index contributed by atoms with van der Waals surface area (Å²) in [5, 5.41) is 0.663. The predicted molar refractivity (Wildman–Crippen MR) is 144 cm³/mol. The molecule has 5 aliphatic rings. The van der Waals surface area contributed by atoms with Gasteiger partial charge in [-0.2, -0.15) is 0 Å². The van der Waals surface area contributed by atoms with Gasteiger partial charge in [-0.15, -0.1) is 23.7 Å². The van der Waals surface area contributed by atoms with E-state index in [-0.39, 0.29) is 30.5 Å². The molecule has 0 spiro atoms. The summed E-state index contributed by atoms with van der Waals surface area (Å²) in [6, 6.07) is 7.39. The summed E-state index contributed by atoms with van der Waals surface area (Å²) in [6.07, 6.45) is 10.2. The van der Waals surface area contributed by atoms with Crippen molar-refractivity contribution < 1.29 is 9.59 Å².